The van der Waals surface area contributed by atoms with Gasteiger partial charge in [-0.1, -0.05) is 12.1 Å². The fourth-order valence-corrected chi connectivity index (χ4v) is 4.37. The van der Waals surface area contributed by atoms with E-state index in [2.05, 4.69) is 31.0 Å². The van der Waals surface area contributed by atoms with E-state index in [0.29, 0.717) is 11.4 Å². The highest BCUT2D eigenvalue weighted by Gasteiger charge is 2.28. The first-order valence-electron chi connectivity index (χ1n) is 8.17. The van der Waals surface area contributed by atoms with Crippen LogP contribution in [0.1, 0.15) is 26.3 Å². The number of thioether (sulfide) groups is 1. The number of nitrogens with zero attached hydrogens (tertiary/aromatic N) is 2. The van der Waals surface area contributed by atoms with Crippen molar-refractivity contribution in [2.24, 2.45) is 4.99 Å². The Morgan fingerprint density at radius 2 is 2.00 bits per heavy atom. The van der Waals surface area contributed by atoms with Crippen molar-refractivity contribution in [1.29, 1.82) is 0 Å². The summed E-state index contributed by atoms with van der Waals surface area (Å²) in [6.07, 6.45) is 1.22. The Bertz CT molecular complexity index is 682. The molecule has 0 radical (unpaired) electrons. The third kappa shape index (κ3) is 5.41. The van der Waals surface area contributed by atoms with Crippen LogP contribution in [-0.2, 0) is 16.4 Å². The third-order valence-corrected chi connectivity index (χ3v) is 6.25. The van der Waals surface area contributed by atoms with E-state index < -0.39 is 9.84 Å². The van der Waals surface area contributed by atoms with Crippen LogP contribution in [0, 0.1) is 0 Å². The first kappa shape index (κ1) is 19.1. The monoisotopic (exact) mass is 369 g/mol. The number of guanidine groups is 1. The van der Waals surface area contributed by atoms with Gasteiger partial charge in [0, 0.05) is 36.4 Å². The van der Waals surface area contributed by atoms with Crippen LogP contribution in [0.5, 0.6) is 0 Å². The van der Waals surface area contributed by atoms with E-state index in [9.17, 15) is 8.42 Å². The van der Waals surface area contributed by atoms with E-state index in [-0.39, 0.29) is 4.75 Å². The SMILES string of the molecule is CCNC(=NCc1ccc(S(C)(=O)=O)cc1)N1CCSC(C)(C)C1. The van der Waals surface area contributed by atoms with Crippen molar-refractivity contribution < 1.29 is 8.42 Å². The van der Waals surface area contributed by atoms with Crippen molar-refractivity contribution in [1.82, 2.24) is 10.2 Å². The maximum absolute atomic E-state index is 11.5. The van der Waals surface area contributed by atoms with Crippen molar-refractivity contribution in [3.05, 3.63) is 29.8 Å². The molecule has 0 amide bonds. The third-order valence-electron chi connectivity index (χ3n) is 3.82. The van der Waals surface area contributed by atoms with Crippen molar-refractivity contribution in [3.63, 3.8) is 0 Å². The molecule has 0 saturated carbocycles. The van der Waals surface area contributed by atoms with Gasteiger partial charge in [-0.25, -0.2) is 13.4 Å². The zero-order chi connectivity index (χ0) is 17.8. The first-order valence-corrected chi connectivity index (χ1v) is 11.1. The molecule has 1 aliphatic heterocycles. The molecule has 1 aliphatic rings. The highest BCUT2D eigenvalue weighted by atomic mass is 32.2. The van der Waals surface area contributed by atoms with E-state index >= 15 is 0 Å². The molecule has 0 bridgehead atoms. The zero-order valence-corrected chi connectivity index (χ0v) is 16.5. The summed E-state index contributed by atoms with van der Waals surface area (Å²) >= 11 is 2.00. The molecular weight excluding hydrogens is 342 g/mol. The van der Waals surface area contributed by atoms with Crippen LogP contribution in [0.15, 0.2) is 34.2 Å². The minimum atomic E-state index is -3.15. The molecule has 134 valence electrons. The normalized spacial score (nSPS) is 18.5. The standard InChI is InChI=1S/C17H27N3O2S2/c1-5-18-16(20-10-11-23-17(2,3)13-20)19-12-14-6-8-15(9-7-14)24(4,21)22/h6-9H,5,10-13H2,1-4H3,(H,18,19). The molecule has 0 unspecified atom stereocenters. The first-order chi connectivity index (χ1) is 11.2. The number of aliphatic imine (C=N–C) groups is 1. The number of hydrogen-bond acceptors (Lipinski definition) is 4. The summed E-state index contributed by atoms with van der Waals surface area (Å²) in [6.45, 7) is 9.92. The van der Waals surface area contributed by atoms with E-state index in [4.69, 9.17) is 4.99 Å². The molecule has 1 aromatic rings. The molecule has 0 atom stereocenters. The van der Waals surface area contributed by atoms with Crippen molar-refractivity contribution in [2.45, 2.75) is 37.0 Å². The second kappa shape index (κ2) is 7.78. The predicted molar refractivity (Wildman–Crippen MR) is 102 cm³/mol. The van der Waals surface area contributed by atoms with Gasteiger partial charge < -0.3 is 10.2 Å². The van der Waals surface area contributed by atoms with Crippen LogP contribution in [0.4, 0.5) is 0 Å². The summed E-state index contributed by atoms with van der Waals surface area (Å²) in [4.78, 5) is 7.39. The topological polar surface area (TPSA) is 61.8 Å². The molecule has 1 saturated heterocycles. The van der Waals surface area contributed by atoms with E-state index in [1.165, 1.54) is 6.26 Å². The molecule has 0 aliphatic carbocycles. The van der Waals surface area contributed by atoms with Gasteiger partial charge in [0.1, 0.15) is 0 Å². The van der Waals surface area contributed by atoms with Crippen LogP contribution in [0.3, 0.4) is 0 Å². The number of benzene rings is 1. The van der Waals surface area contributed by atoms with Crippen molar-refractivity contribution in [3.8, 4) is 0 Å². The lowest BCUT2D eigenvalue weighted by molar-refractivity contribution is 0.376. The summed E-state index contributed by atoms with van der Waals surface area (Å²) in [5, 5.41) is 3.37. The molecule has 0 spiro atoms. The second-order valence-electron chi connectivity index (χ2n) is 6.62. The van der Waals surface area contributed by atoms with Gasteiger partial charge in [0.25, 0.3) is 0 Å². The minimum Gasteiger partial charge on any atom is -0.357 e. The fourth-order valence-electron chi connectivity index (χ4n) is 2.63. The average molecular weight is 370 g/mol. The molecular formula is C17H27N3O2S2. The molecule has 1 N–H and O–H groups in total. The fraction of sp³-hybridized carbons (Fsp3) is 0.588. The van der Waals surface area contributed by atoms with Gasteiger partial charge in [-0.05, 0) is 38.5 Å². The molecule has 2 rings (SSSR count). The minimum absolute atomic E-state index is 0.228. The summed E-state index contributed by atoms with van der Waals surface area (Å²) in [5.41, 5.74) is 1.00. The van der Waals surface area contributed by atoms with Crippen molar-refractivity contribution >= 4 is 27.6 Å². The predicted octanol–water partition coefficient (Wildman–Crippen LogP) is 2.38. The van der Waals surface area contributed by atoms with Crippen LogP contribution in [0.25, 0.3) is 0 Å². The smallest absolute Gasteiger partial charge is 0.194 e. The Kier molecular flexibility index (Phi) is 6.20. The van der Waals surface area contributed by atoms with E-state index in [0.717, 1.165) is 36.9 Å². The Hall–Kier alpha value is -1.21. The lowest BCUT2D eigenvalue weighted by Crippen LogP contribution is -2.50. The van der Waals surface area contributed by atoms with E-state index in [1.807, 2.05) is 23.9 Å². The molecule has 1 fully saturated rings. The summed E-state index contributed by atoms with van der Waals surface area (Å²) in [7, 11) is -3.15. The number of nitrogens with one attached hydrogen (secondary N) is 1. The quantitative estimate of drug-likeness (QED) is 0.652. The van der Waals surface area contributed by atoms with Gasteiger partial charge in [-0.3, -0.25) is 0 Å². The zero-order valence-electron chi connectivity index (χ0n) is 14.9. The van der Waals surface area contributed by atoms with Crippen molar-refractivity contribution in [2.75, 3.05) is 31.6 Å². The van der Waals surface area contributed by atoms with Gasteiger partial charge in [-0.15, -0.1) is 0 Å². The van der Waals surface area contributed by atoms with E-state index in [1.54, 1.807) is 12.1 Å². The van der Waals surface area contributed by atoms with Gasteiger partial charge in [0.15, 0.2) is 15.8 Å². The maximum Gasteiger partial charge on any atom is 0.194 e. The highest BCUT2D eigenvalue weighted by Crippen LogP contribution is 2.29. The van der Waals surface area contributed by atoms with Gasteiger partial charge >= 0.3 is 0 Å². The summed E-state index contributed by atoms with van der Waals surface area (Å²) < 4.78 is 23.3. The van der Waals surface area contributed by atoms with Gasteiger partial charge in [0.05, 0.1) is 11.4 Å². The maximum atomic E-state index is 11.5. The molecule has 7 heteroatoms. The van der Waals surface area contributed by atoms with Crippen LogP contribution < -0.4 is 5.32 Å². The number of rotatable bonds is 4. The highest BCUT2D eigenvalue weighted by molar-refractivity contribution is 8.00. The summed E-state index contributed by atoms with van der Waals surface area (Å²) in [6, 6.07) is 6.96. The van der Waals surface area contributed by atoms with Gasteiger partial charge in [0.2, 0.25) is 0 Å². The molecule has 5 nitrogen and oxygen atoms in total. The second-order valence-corrected chi connectivity index (χ2v) is 10.4. The number of hydrogen-bond donors (Lipinski definition) is 1. The molecule has 0 aromatic heterocycles. The largest absolute Gasteiger partial charge is 0.357 e. The lowest BCUT2D eigenvalue weighted by atomic mass is 10.2. The van der Waals surface area contributed by atoms with Gasteiger partial charge in [-0.2, -0.15) is 11.8 Å². The van der Waals surface area contributed by atoms with Crippen LogP contribution in [-0.4, -0.2) is 55.7 Å². The average Bonchev–Trinajstić information content (AvgIpc) is 2.50. The summed E-state index contributed by atoms with van der Waals surface area (Å²) in [5.74, 6) is 2.03. The molecule has 1 aromatic carbocycles. The Labute approximate surface area is 149 Å². The van der Waals surface area contributed by atoms with Crippen LogP contribution >= 0.6 is 11.8 Å². The van der Waals surface area contributed by atoms with Crippen LogP contribution in [0.2, 0.25) is 0 Å². The number of sulfone groups is 1. The molecule has 1 heterocycles. The lowest BCUT2D eigenvalue weighted by Gasteiger charge is -2.39. The molecule has 24 heavy (non-hydrogen) atoms. The Morgan fingerprint density at radius 1 is 1.33 bits per heavy atom. The Balaban J connectivity index is 2.11. The Morgan fingerprint density at radius 3 is 2.54 bits per heavy atom.